The van der Waals surface area contributed by atoms with Crippen molar-refractivity contribution in [2.75, 3.05) is 7.11 Å². The highest BCUT2D eigenvalue weighted by atomic mass is 16.5. The van der Waals surface area contributed by atoms with Gasteiger partial charge in [0.2, 0.25) is 0 Å². The Kier molecular flexibility index (Phi) is 5.25. The molecule has 1 aromatic rings. The van der Waals surface area contributed by atoms with Crippen LogP contribution in [0.5, 0.6) is 0 Å². The second-order valence-corrected chi connectivity index (χ2v) is 3.76. The summed E-state index contributed by atoms with van der Waals surface area (Å²) in [5, 5.41) is 0. The Morgan fingerprint density at radius 1 is 1.53 bits per heavy atom. The van der Waals surface area contributed by atoms with Gasteiger partial charge in [0.15, 0.2) is 0 Å². The molecule has 0 saturated carbocycles. The van der Waals surface area contributed by atoms with Gasteiger partial charge in [0.1, 0.15) is 6.10 Å². The number of rotatable bonds is 5. The topological polar surface area (TPSA) is 35.5 Å². The first kappa shape index (κ1) is 13.3. The van der Waals surface area contributed by atoms with E-state index >= 15 is 0 Å². The zero-order valence-corrected chi connectivity index (χ0v) is 10.1. The average molecular weight is 232 g/mol. The van der Waals surface area contributed by atoms with Crippen LogP contribution >= 0.6 is 0 Å². The minimum absolute atomic E-state index is 0.265. The molecule has 1 atom stereocenters. The van der Waals surface area contributed by atoms with Crippen molar-refractivity contribution in [3.8, 4) is 12.3 Å². The molecule has 3 nitrogen and oxygen atoms in total. The molecule has 1 rings (SSSR count). The minimum atomic E-state index is -0.356. The van der Waals surface area contributed by atoms with Crippen molar-refractivity contribution in [1.29, 1.82) is 0 Å². The van der Waals surface area contributed by atoms with Gasteiger partial charge in [-0.1, -0.05) is 12.1 Å². The molecule has 0 aliphatic heterocycles. The van der Waals surface area contributed by atoms with Crippen molar-refractivity contribution in [3.05, 3.63) is 35.4 Å². The quantitative estimate of drug-likeness (QED) is 0.577. The standard InChI is InChI=1S/C14H16O3/c1-4-6-11(2)17-14(15)13-8-5-7-12(9-13)10-16-3/h1,5,7-9,11H,6,10H2,2-3H3/t11-/m0/s1. The predicted octanol–water partition coefficient (Wildman–Crippen LogP) is 2.40. The van der Waals surface area contributed by atoms with Crippen LogP contribution in [0.3, 0.4) is 0 Å². The number of methoxy groups -OCH3 is 1. The van der Waals surface area contributed by atoms with Gasteiger partial charge in [0.05, 0.1) is 12.2 Å². The molecule has 0 N–H and O–H groups in total. The van der Waals surface area contributed by atoms with Gasteiger partial charge in [-0.25, -0.2) is 4.79 Å². The summed E-state index contributed by atoms with van der Waals surface area (Å²) < 4.78 is 10.2. The second-order valence-electron chi connectivity index (χ2n) is 3.76. The summed E-state index contributed by atoms with van der Waals surface area (Å²) in [5.41, 5.74) is 1.45. The molecule has 0 heterocycles. The van der Waals surface area contributed by atoms with E-state index in [0.29, 0.717) is 18.6 Å². The van der Waals surface area contributed by atoms with Gasteiger partial charge in [-0.05, 0) is 24.6 Å². The monoisotopic (exact) mass is 232 g/mol. The van der Waals surface area contributed by atoms with Crippen molar-refractivity contribution in [3.63, 3.8) is 0 Å². The lowest BCUT2D eigenvalue weighted by atomic mass is 10.1. The van der Waals surface area contributed by atoms with E-state index in [-0.39, 0.29) is 12.1 Å². The van der Waals surface area contributed by atoms with Gasteiger partial charge < -0.3 is 9.47 Å². The molecule has 0 unspecified atom stereocenters. The largest absolute Gasteiger partial charge is 0.458 e. The van der Waals surface area contributed by atoms with Crippen molar-refractivity contribution < 1.29 is 14.3 Å². The highest BCUT2D eigenvalue weighted by Crippen LogP contribution is 2.09. The van der Waals surface area contributed by atoms with Crippen LogP contribution in [0.25, 0.3) is 0 Å². The van der Waals surface area contributed by atoms with Crippen LogP contribution in [0.1, 0.15) is 29.3 Å². The molecule has 3 heteroatoms. The molecular formula is C14H16O3. The Hall–Kier alpha value is -1.79. The molecular weight excluding hydrogens is 216 g/mol. The van der Waals surface area contributed by atoms with Crippen LogP contribution in [0.2, 0.25) is 0 Å². The molecule has 0 bridgehead atoms. The highest BCUT2D eigenvalue weighted by Gasteiger charge is 2.11. The number of terminal acetylenes is 1. The van der Waals surface area contributed by atoms with E-state index in [1.165, 1.54) is 0 Å². The van der Waals surface area contributed by atoms with Gasteiger partial charge in [-0.2, -0.15) is 0 Å². The summed E-state index contributed by atoms with van der Waals surface area (Å²) >= 11 is 0. The maximum Gasteiger partial charge on any atom is 0.338 e. The molecule has 0 saturated heterocycles. The van der Waals surface area contributed by atoms with E-state index in [1.807, 2.05) is 6.07 Å². The Morgan fingerprint density at radius 2 is 2.29 bits per heavy atom. The number of ether oxygens (including phenoxy) is 2. The number of hydrogen-bond donors (Lipinski definition) is 0. The fraction of sp³-hybridized carbons (Fsp3) is 0.357. The summed E-state index contributed by atoms with van der Waals surface area (Å²) in [5.74, 6) is 2.10. The van der Waals surface area contributed by atoms with Gasteiger partial charge in [-0.15, -0.1) is 12.3 Å². The molecule has 0 fully saturated rings. The van der Waals surface area contributed by atoms with Gasteiger partial charge in [0.25, 0.3) is 0 Å². The normalized spacial score (nSPS) is 11.6. The minimum Gasteiger partial charge on any atom is -0.458 e. The first-order valence-corrected chi connectivity index (χ1v) is 5.39. The van der Waals surface area contributed by atoms with Crippen LogP contribution in [0.15, 0.2) is 24.3 Å². The molecule has 90 valence electrons. The molecule has 0 aliphatic carbocycles. The van der Waals surface area contributed by atoms with E-state index < -0.39 is 0 Å². The fourth-order valence-corrected chi connectivity index (χ4v) is 1.41. The van der Waals surface area contributed by atoms with Crippen LogP contribution in [0, 0.1) is 12.3 Å². The summed E-state index contributed by atoms with van der Waals surface area (Å²) in [6.45, 7) is 2.25. The third-order valence-electron chi connectivity index (χ3n) is 2.19. The predicted molar refractivity (Wildman–Crippen MR) is 65.5 cm³/mol. The number of hydrogen-bond acceptors (Lipinski definition) is 3. The molecule has 0 radical (unpaired) electrons. The van der Waals surface area contributed by atoms with Crippen LogP contribution < -0.4 is 0 Å². The van der Waals surface area contributed by atoms with Crippen LogP contribution in [-0.4, -0.2) is 19.2 Å². The Morgan fingerprint density at radius 3 is 2.94 bits per heavy atom. The maximum atomic E-state index is 11.8. The van der Waals surface area contributed by atoms with Crippen LogP contribution in [0.4, 0.5) is 0 Å². The van der Waals surface area contributed by atoms with Gasteiger partial charge in [0, 0.05) is 13.5 Å². The van der Waals surface area contributed by atoms with E-state index in [2.05, 4.69) is 5.92 Å². The Labute approximate surface area is 102 Å². The van der Waals surface area contributed by atoms with E-state index in [0.717, 1.165) is 5.56 Å². The summed E-state index contributed by atoms with van der Waals surface area (Å²) in [6.07, 6.45) is 5.30. The lowest BCUT2D eigenvalue weighted by Crippen LogP contribution is -2.14. The lowest BCUT2D eigenvalue weighted by molar-refractivity contribution is 0.0352. The molecule has 0 aliphatic rings. The van der Waals surface area contributed by atoms with Crippen LogP contribution in [-0.2, 0) is 16.1 Å². The molecule has 0 spiro atoms. The number of benzene rings is 1. The summed E-state index contributed by atoms with van der Waals surface area (Å²) in [6, 6.07) is 7.17. The van der Waals surface area contributed by atoms with E-state index in [9.17, 15) is 4.79 Å². The first-order chi connectivity index (χ1) is 8.17. The molecule has 0 amide bonds. The third-order valence-corrected chi connectivity index (χ3v) is 2.19. The maximum absolute atomic E-state index is 11.8. The molecule has 17 heavy (non-hydrogen) atoms. The Balaban J connectivity index is 2.69. The zero-order valence-electron chi connectivity index (χ0n) is 10.1. The van der Waals surface area contributed by atoms with Gasteiger partial charge >= 0.3 is 5.97 Å². The number of esters is 1. The number of carbonyl (C=O) groups excluding carboxylic acids is 1. The smallest absolute Gasteiger partial charge is 0.338 e. The zero-order chi connectivity index (χ0) is 12.7. The average Bonchev–Trinajstić information content (AvgIpc) is 2.30. The third kappa shape index (κ3) is 4.29. The number of carbonyl (C=O) groups is 1. The van der Waals surface area contributed by atoms with Crippen molar-refractivity contribution in [2.45, 2.75) is 26.1 Å². The van der Waals surface area contributed by atoms with E-state index in [4.69, 9.17) is 15.9 Å². The van der Waals surface area contributed by atoms with Gasteiger partial charge in [-0.3, -0.25) is 0 Å². The molecule has 0 aromatic heterocycles. The van der Waals surface area contributed by atoms with Crippen molar-refractivity contribution >= 4 is 5.97 Å². The highest BCUT2D eigenvalue weighted by molar-refractivity contribution is 5.89. The van der Waals surface area contributed by atoms with Crippen molar-refractivity contribution in [1.82, 2.24) is 0 Å². The SMILES string of the molecule is C#CC[C@H](C)OC(=O)c1cccc(COC)c1. The summed E-state index contributed by atoms with van der Waals surface area (Å²) in [7, 11) is 1.61. The fourth-order valence-electron chi connectivity index (χ4n) is 1.41. The lowest BCUT2D eigenvalue weighted by Gasteiger charge is -2.10. The summed E-state index contributed by atoms with van der Waals surface area (Å²) in [4.78, 5) is 11.8. The van der Waals surface area contributed by atoms with Crippen molar-refractivity contribution in [2.24, 2.45) is 0 Å². The second kappa shape index (κ2) is 6.72. The van der Waals surface area contributed by atoms with E-state index in [1.54, 1.807) is 32.2 Å². The first-order valence-electron chi connectivity index (χ1n) is 5.39. The molecule has 1 aromatic carbocycles. The Bertz CT molecular complexity index is 418.